The number of nitrogens with zero attached hydrogens (tertiary/aromatic N) is 3. The molecule has 7 nitrogen and oxygen atoms in total. The minimum atomic E-state index is -0.307. The van der Waals surface area contributed by atoms with Crippen molar-refractivity contribution in [3.05, 3.63) is 108 Å². The third-order valence-electron chi connectivity index (χ3n) is 6.75. The highest BCUT2D eigenvalue weighted by molar-refractivity contribution is 5.94. The highest BCUT2D eigenvalue weighted by atomic mass is 19.1. The zero-order chi connectivity index (χ0) is 26.5. The number of nitrogens with two attached hydrogens (primary N) is 1. The first-order valence-corrected chi connectivity index (χ1v) is 12.5. The van der Waals surface area contributed by atoms with Crippen molar-refractivity contribution in [1.82, 2.24) is 14.9 Å². The first-order chi connectivity index (χ1) is 18.4. The lowest BCUT2D eigenvalue weighted by Gasteiger charge is -2.35. The van der Waals surface area contributed by atoms with E-state index in [0.29, 0.717) is 36.1 Å². The molecule has 0 bridgehead atoms. The lowest BCUT2D eigenvalue weighted by Crippen LogP contribution is -2.41. The molecule has 4 N–H and O–H groups in total. The number of aromatic nitrogens is 2. The zero-order valence-electron chi connectivity index (χ0n) is 20.6. The molecular weight excluding hydrogens is 486 g/mol. The molecule has 9 heteroatoms. The van der Waals surface area contributed by atoms with Crippen molar-refractivity contribution < 1.29 is 13.6 Å². The highest BCUT2D eigenvalue weighted by Gasteiger charge is 2.28. The Bertz CT molecular complexity index is 1370. The highest BCUT2D eigenvalue weighted by Crippen LogP contribution is 2.30. The summed E-state index contributed by atoms with van der Waals surface area (Å²) < 4.78 is 26.3. The van der Waals surface area contributed by atoms with Gasteiger partial charge in [-0.3, -0.25) is 4.79 Å². The van der Waals surface area contributed by atoms with E-state index in [9.17, 15) is 13.6 Å². The summed E-state index contributed by atoms with van der Waals surface area (Å²) in [6.45, 7) is 1.25. The van der Waals surface area contributed by atoms with Crippen LogP contribution in [0.25, 0.3) is 0 Å². The maximum atomic E-state index is 13.2. The van der Waals surface area contributed by atoms with E-state index < -0.39 is 0 Å². The molecule has 1 amide bonds. The Morgan fingerprint density at radius 2 is 1.42 bits per heavy atom. The molecule has 0 aliphatic carbocycles. The zero-order valence-corrected chi connectivity index (χ0v) is 20.6. The van der Waals surface area contributed by atoms with Gasteiger partial charge < -0.3 is 21.3 Å². The summed E-state index contributed by atoms with van der Waals surface area (Å²) in [7, 11) is 0. The van der Waals surface area contributed by atoms with Gasteiger partial charge in [0, 0.05) is 42.3 Å². The summed E-state index contributed by atoms with van der Waals surface area (Å²) in [5, 5.41) is 6.25. The van der Waals surface area contributed by atoms with Crippen LogP contribution in [0.1, 0.15) is 34.8 Å². The number of anilines is 4. The number of hydrogen-bond donors (Lipinski definition) is 3. The molecule has 1 aliphatic rings. The molecule has 4 aromatic rings. The lowest BCUT2D eigenvalue weighted by atomic mass is 9.86. The van der Waals surface area contributed by atoms with Crippen molar-refractivity contribution in [2.75, 3.05) is 23.7 Å². The van der Waals surface area contributed by atoms with Crippen LogP contribution in [0.3, 0.4) is 0 Å². The van der Waals surface area contributed by atoms with Crippen molar-refractivity contribution in [3.63, 3.8) is 0 Å². The predicted molar refractivity (Wildman–Crippen MR) is 143 cm³/mol. The minimum Gasteiger partial charge on any atom is -0.340 e. The maximum Gasteiger partial charge on any atom is 0.253 e. The second-order valence-corrected chi connectivity index (χ2v) is 9.31. The fourth-order valence-corrected chi connectivity index (χ4v) is 4.60. The Morgan fingerprint density at radius 3 is 2.08 bits per heavy atom. The van der Waals surface area contributed by atoms with Gasteiger partial charge in [-0.25, -0.2) is 13.8 Å². The van der Waals surface area contributed by atoms with Gasteiger partial charge in [0.05, 0.1) is 0 Å². The minimum absolute atomic E-state index is 0.0212. The number of likely N-dealkylation sites (tertiary alicyclic amines) is 1. The molecular formula is C29H28F2N6O. The molecule has 0 saturated carbocycles. The van der Waals surface area contributed by atoms with Crippen molar-refractivity contribution in [2.45, 2.75) is 18.9 Å². The van der Waals surface area contributed by atoms with Crippen LogP contribution < -0.4 is 16.4 Å². The summed E-state index contributed by atoms with van der Waals surface area (Å²) >= 11 is 0. The molecule has 1 fully saturated rings. The van der Waals surface area contributed by atoms with E-state index in [1.165, 1.54) is 24.3 Å². The van der Waals surface area contributed by atoms with Gasteiger partial charge in [0.2, 0.25) is 5.95 Å². The number of piperidine rings is 1. The van der Waals surface area contributed by atoms with Crippen molar-refractivity contribution in [1.29, 1.82) is 0 Å². The topological polar surface area (TPSA) is 96.2 Å². The molecule has 1 saturated heterocycles. The average Bonchev–Trinajstić information content (AvgIpc) is 2.95. The van der Waals surface area contributed by atoms with E-state index in [1.807, 2.05) is 17.0 Å². The Labute approximate surface area is 219 Å². The quantitative estimate of drug-likeness (QED) is 0.289. The average molecular weight is 515 g/mol. The summed E-state index contributed by atoms with van der Waals surface area (Å²) in [4.78, 5) is 23.6. The predicted octanol–water partition coefficient (Wildman–Crippen LogP) is 5.79. The van der Waals surface area contributed by atoms with Crippen LogP contribution in [0.2, 0.25) is 0 Å². The monoisotopic (exact) mass is 514 g/mol. The fourth-order valence-electron chi connectivity index (χ4n) is 4.60. The molecule has 194 valence electrons. The second kappa shape index (κ2) is 11.4. The van der Waals surface area contributed by atoms with Crippen LogP contribution in [0, 0.1) is 17.6 Å². The molecule has 5 rings (SSSR count). The number of hydrogen-bond acceptors (Lipinski definition) is 6. The first kappa shape index (κ1) is 25.3. The molecule has 1 aromatic heterocycles. The van der Waals surface area contributed by atoms with Gasteiger partial charge in [0.15, 0.2) is 0 Å². The molecule has 0 spiro atoms. The Balaban J connectivity index is 1.15. The van der Waals surface area contributed by atoms with E-state index in [1.54, 1.807) is 48.7 Å². The van der Waals surface area contributed by atoms with Gasteiger partial charge in [0.25, 0.3) is 5.91 Å². The summed E-state index contributed by atoms with van der Waals surface area (Å²) in [5.41, 5.74) is 9.39. The molecule has 0 unspecified atom stereocenters. The third-order valence-corrected chi connectivity index (χ3v) is 6.75. The number of rotatable bonds is 7. The van der Waals surface area contributed by atoms with Crippen LogP contribution in [0.5, 0.6) is 0 Å². The van der Waals surface area contributed by atoms with E-state index >= 15 is 0 Å². The van der Waals surface area contributed by atoms with Crippen molar-refractivity contribution in [3.8, 4) is 0 Å². The van der Waals surface area contributed by atoms with E-state index in [2.05, 4.69) is 20.6 Å². The molecule has 2 heterocycles. The number of nitrogens with one attached hydrogen (secondary N) is 2. The normalized spacial score (nSPS) is 14.7. The summed E-state index contributed by atoms with van der Waals surface area (Å²) in [6.07, 6.45) is 3.21. The Hall–Kier alpha value is -4.37. The summed E-state index contributed by atoms with van der Waals surface area (Å²) in [5.74, 6) is 0.580. The van der Waals surface area contributed by atoms with Crippen LogP contribution in [0.4, 0.5) is 31.9 Å². The van der Waals surface area contributed by atoms with Gasteiger partial charge in [-0.15, -0.1) is 0 Å². The largest absolute Gasteiger partial charge is 0.340 e. The molecule has 38 heavy (non-hydrogen) atoms. The smallest absolute Gasteiger partial charge is 0.253 e. The third kappa shape index (κ3) is 6.12. The molecule has 0 radical (unpaired) electrons. The van der Waals surface area contributed by atoms with Gasteiger partial charge >= 0.3 is 0 Å². The SMILES string of the molecule is N[C@@H](c1ccc(F)cc1)C1CCN(C(=O)c2ccc(Nc3nccc(Nc4ccc(F)cc4)n3)cc2)CC1. The number of carbonyl (C=O) groups excluding carboxylic acids is 1. The molecule has 1 aliphatic heterocycles. The van der Waals surface area contributed by atoms with Crippen LogP contribution in [0.15, 0.2) is 85.1 Å². The fraction of sp³-hybridized carbons (Fsp3) is 0.207. The van der Waals surface area contributed by atoms with Crippen LogP contribution >= 0.6 is 0 Å². The first-order valence-electron chi connectivity index (χ1n) is 12.5. The van der Waals surface area contributed by atoms with Gasteiger partial charge in [0.1, 0.15) is 17.5 Å². The molecule has 1 atom stereocenters. The number of benzene rings is 3. The Kier molecular flexibility index (Phi) is 7.55. The second-order valence-electron chi connectivity index (χ2n) is 9.31. The van der Waals surface area contributed by atoms with E-state index in [-0.39, 0.29) is 29.5 Å². The van der Waals surface area contributed by atoms with E-state index in [0.717, 1.165) is 24.1 Å². The van der Waals surface area contributed by atoms with E-state index in [4.69, 9.17) is 5.73 Å². The van der Waals surface area contributed by atoms with Crippen LogP contribution in [-0.2, 0) is 0 Å². The van der Waals surface area contributed by atoms with Crippen molar-refractivity contribution >= 4 is 29.0 Å². The number of halogens is 2. The number of carbonyl (C=O) groups is 1. The van der Waals surface area contributed by atoms with Crippen molar-refractivity contribution in [2.24, 2.45) is 11.7 Å². The van der Waals surface area contributed by atoms with Crippen LogP contribution in [-0.4, -0.2) is 33.9 Å². The summed E-state index contributed by atoms with van der Waals surface area (Å²) in [6, 6.07) is 21.0. The standard InChI is InChI=1S/C29H28F2N6O/c30-22-5-1-19(2-6-22)27(32)20-14-17-37(18-15-20)28(38)21-3-9-25(10-4-21)35-29-33-16-13-26(36-29)34-24-11-7-23(31)8-12-24/h1-13,16,20,27H,14-15,17-18,32H2,(H2,33,34,35,36)/t27-/m0/s1. The lowest BCUT2D eigenvalue weighted by molar-refractivity contribution is 0.0678. The maximum absolute atomic E-state index is 13.2. The number of amides is 1. The Morgan fingerprint density at radius 1 is 0.842 bits per heavy atom. The van der Waals surface area contributed by atoms with Gasteiger partial charge in [-0.1, -0.05) is 12.1 Å². The molecule has 3 aromatic carbocycles. The van der Waals surface area contributed by atoms with Gasteiger partial charge in [-0.05, 0) is 91.1 Å². The van der Waals surface area contributed by atoms with Gasteiger partial charge in [-0.2, -0.15) is 4.98 Å².